The summed E-state index contributed by atoms with van der Waals surface area (Å²) in [5, 5.41) is 1.97. The number of hydrogen-bond donors (Lipinski definition) is 0. The van der Waals surface area contributed by atoms with Gasteiger partial charge in [-0.2, -0.15) is 0 Å². The molecule has 4 rings (SSSR count). The van der Waals surface area contributed by atoms with Crippen molar-refractivity contribution in [3.8, 4) is 22.3 Å². The predicted octanol–water partition coefficient (Wildman–Crippen LogP) is 5.22. The molecular weight excluding hydrogens is 316 g/mol. The Labute approximate surface area is 144 Å². The van der Waals surface area contributed by atoms with Crippen LogP contribution in [0.3, 0.4) is 0 Å². The first kappa shape index (κ1) is 14.7. The van der Waals surface area contributed by atoms with Gasteiger partial charge in [0.15, 0.2) is 5.69 Å². The zero-order chi connectivity index (χ0) is 16.7. The minimum atomic E-state index is 0.0766. The van der Waals surface area contributed by atoms with E-state index < -0.39 is 0 Å². The van der Waals surface area contributed by atoms with Crippen LogP contribution in [-0.2, 0) is 6.54 Å². The van der Waals surface area contributed by atoms with E-state index in [9.17, 15) is 4.79 Å². The fraction of sp³-hybridized carbons (Fsp3) is 0.100. The van der Waals surface area contributed by atoms with Gasteiger partial charge >= 0.3 is 0 Å². The van der Waals surface area contributed by atoms with Crippen LogP contribution < -0.4 is 0 Å². The molecule has 0 unspecified atom stereocenters. The van der Waals surface area contributed by atoms with E-state index in [0.29, 0.717) is 12.2 Å². The van der Waals surface area contributed by atoms with Crippen LogP contribution in [0.4, 0.5) is 5.69 Å². The molecule has 3 nitrogen and oxygen atoms in total. The van der Waals surface area contributed by atoms with Crippen LogP contribution in [0.15, 0.2) is 53.9 Å². The molecule has 0 atom stereocenters. The van der Waals surface area contributed by atoms with Gasteiger partial charge in [0.1, 0.15) is 0 Å². The Kier molecular flexibility index (Phi) is 3.44. The average molecular weight is 330 g/mol. The molecule has 0 radical (unpaired) electrons. The summed E-state index contributed by atoms with van der Waals surface area (Å²) in [5.41, 5.74) is 5.98. The Morgan fingerprint density at radius 1 is 1.08 bits per heavy atom. The van der Waals surface area contributed by atoms with Crippen LogP contribution in [0.25, 0.3) is 27.1 Å². The van der Waals surface area contributed by atoms with Gasteiger partial charge in [0, 0.05) is 19.2 Å². The molecule has 24 heavy (non-hydrogen) atoms. The van der Waals surface area contributed by atoms with Crippen molar-refractivity contribution < 1.29 is 4.79 Å². The minimum Gasteiger partial charge on any atom is -0.337 e. The summed E-state index contributed by atoms with van der Waals surface area (Å²) in [6.45, 7) is 7.80. The SMILES string of the molecule is [C-]#[N+]c1cccc(-c2ccc3c(c2)-c2ccsc2C(=O)N(C)C3)c1. The molecule has 2 heterocycles. The number of rotatable bonds is 1. The van der Waals surface area contributed by atoms with Crippen molar-refractivity contribution in [3.05, 3.63) is 75.8 Å². The Hall–Kier alpha value is -2.90. The molecule has 0 fully saturated rings. The fourth-order valence-electron chi connectivity index (χ4n) is 3.09. The predicted molar refractivity (Wildman–Crippen MR) is 97.3 cm³/mol. The van der Waals surface area contributed by atoms with Crippen LogP contribution in [-0.4, -0.2) is 17.9 Å². The third-order valence-electron chi connectivity index (χ3n) is 4.32. The fourth-order valence-corrected chi connectivity index (χ4v) is 3.99. The quantitative estimate of drug-likeness (QED) is 0.562. The lowest BCUT2D eigenvalue weighted by atomic mass is 9.95. The molecule has 0 saturated carbocycles. The highest BCUT2D eigenvalue weighted by molar-refractivity contribution is 7.12. The molecule has 1 amide bonds. The van der Waals surface area contributed by atoms with Gasteiger partial charge in [-0.3, -0.25) is 4.79 Å². The lowest BCUT2D eigenvalue weighted by molar-refractivity contribution is 0.0793. The molecule has 0 saturated heterocycles. The van der Waals surface area contributed by atoms with Crippen molar-refractivity contribution in [1.29, 1.82) is 0 Å². The lowest BCUT2D eigenvalue weighted by Gasteiger charge is -2.15. The summed E-state index contributed by atoms with van der Waals surface area (Å²) < 4.78 is 0. The van der Waals surface area contributed by atoms with Crippen molar-refractivity contribution in [1.82, 2.24) is 4.90 Å². The summed E-state index contributed by atoms with van der Waals surface area (Å²) in [4.78, 5) is 18.6. The van der Waals surface area contributed by atoms with Crippen LogP contribution in [0.1, 0.15) is 15.2 Å². The maximum Gasteiger partial charge on any atom is 0.264 e. The van der Waals surface area contributed by atoms with E-state index >= 15 is 0 Å². The highest BCUT2D eigenvalue weighted by Gasteiger charge is 2.25. The zero-order valence-electron chi connectivity index (χ0n) is 13.1. The van der Waals surface area contributed by atoms with E-state index in [1.165, 1.54) is 11.3 Å². The molecule has 0 spiro atoms. The highest BCUT2D eigenvalue weighted by Crippen LogP contribution is 2.38. The van der Waals surface area contributed by atoms with Gasteiger partial charge in [-0.15, -0.1) is 11.3 Å². The molecule has 0 aliphatic carbocycles. The third kappa shape index (κ3) is 2.31. The Morgan fingerprint density at radius 3 is 2.75 bits per heavy atom. The van der Waals surface area contributed by atoms with E-state index in [1.807, 2.05) is 42.8 Å². The van der Waals surface area contributed by atoms with E-state index in [0.717, 1.165) is 32.7 Å². The van der Waals surface area contributed by atoms with E-state index in [-0.39, 0.29) is 5.91 Å². The largest absolute Gasteiger partial charge is 0.337 e. The molecule has 0 N–H and O–H groups in total. The van der Waals surface area contributed by atoms with Crippen molar-refractivity contribution in [2.75, 3.05) is 7.05 Å². The van der Waals surface area contributed by atoms with Gasteiger partial charge in [0.25, 0.3) is 5.91 Å². The Bertz CT molecular complexity index is 997. The number of hydrogen-bond acceptors (Lipinski definition) is 2. The topological polar surface area (TPSA) is 24.7 Å². The van der Waals surface area contributed by atoms with Gasteiger partial charge in [0.2, 0.25) is 0 Å². The summed E-state index contributed by atoms with van der Waals surface area (Å²) >= 11 is 1.49. The van der Waals surface area contributed by atoms with E-state index in [1.54, 1.807) is 4.90 Å². The number of thiophene rings is 1. The molecule has 4 heteroatoms. The second-order valence-corrected chi connectivity index (χ2v) is 6.77. The number of benzene rings is 2. The number of amides is 1. The summed E-state index contributed by atoms with van der Waals surface area (Å²) in [6, 6.07) is 15.9. The van der Waals surface area contributed by atoms with Crippen molar-refractivity contribution in [3.63, 3.8) is 0 Å². The standard InChI is InChI=1S/C20H14N2OS/c1-21-16-5-3-4-13(10-16)14-6-7-15-12-22(2)20(23)19-17(8-9-24-19)18(15)11-14/h3-11H,12H2,2H3. The number of nitrogens with zero attached hydrogens (tertiary/aromatic N) is 2. The number of carbonyl (C=O) groups is 1. The second kappa shape index (κ2) is 5.63. The maximum absolute atomic E-state index is 12.5. The summed E-state index contributed by atoms with van der Waals surface area (Å²) in [6.07, 6.45) is 0. The monoisotopic (exact) mass is 330 g/mol. The first-order valence-electron chi connectivity index (χ1n) is 7.61. The van der Waals surface area contributed by atoms with E-state index in [4.69, 9.17) is 6.57 Å². The molecular formula is C20H14N2OS. The summed E-state index contributed by atoms with van der Waals surface area (Å²) in [5.74, 6) is 0.0766. The normalized spacial score (nSPS) is 13.0. The van der Waals surface area contributed by atoms with Crippen molar-refractivity contribution in [2.45, 2.75) is 6.54 Å². The second-order valence-electron chi connectivity index (χ2n) is 5.86. The highest BCUT2D eigenvalue weighted by atomic mass is 32.1. The van der Waals surface area contributed by atoms with Gasteiger partial charge in [-0.25, -0.2) is 4.85 Å². The minimum absolute atomic E-state index is 0.0766. The van der Waals surface area contributed by atoms with Crippen LogP contribution in [0.2, 0.25) is 0 Å². The molecule has 3 aromatic rings. The lowest BCUT2D eigenvalue weighted by Crippen LogP contribution is -2.24. The maximum atomic E-state index is 12.5. The number of fused-ring (bicyclic) bond motifs is 3. The molecule has 0 bridgehead atoms. The molecule has 1 aliphatic heterocycles. The Balaban J connectivity index is 1.90. The number of carbonyl (C=O) groups excluding carboxylic acids is 1. The first-order chi connectivity index (χ1) is 11.7. The van der Waals surface area contributed by atoms with Crippen LogP contribution in [0.5, 0.6) is 0 Å². The third-order valence-corrected chi connectivity index (χ3v) is 5.22. The summed E-state index contributed by atoms with van der Waals surface area (Å²) in [7, 11) is 1.84. The molecule has 2 aromatic carbocycles. The van der Waals surface area contributed by atoms with Gasteiger partial charge < -0.3 is 4.90 Å². The van der Waals surface area contributed by atoms with Gasteiger partial charge in [-0.1, -0.05) is 30.3 Å². The first-order valence-corrected chi connectivity index (χ1v) is 8.49. The molecule has 116 valence electrons. The van der Waals surface area contributed by atoms with Crippen molar-refractivity contribution in [2.24, 2.45) is 0 Å². The van der Waals surface area contributed by atoms with Gasteiger partial charge in [-0.05, 0) is 45.8 Å². The van der Waals surface area contributed by atoms with Crippen LogP contribution in [0, 0.1) is 6.57 Å². The smallest absolute Gasteiger partial charge is 0.264 e. The van der Waals surface area contributed by atoms with Crippen LogP contribution >= 0.6 is 11.3 Å². The Morgan fingerprint density at radius 2 is 1.92 bits per heavy atom. The van der Waals surface area contributed by atoms with Gasteiger partial charge in [0.05, 0.1) is 11.4 Å². The average Bonchev–Trinajstić information content (AvgIpc) is 3.07. The van der Waals surface area contributed by atoms with E-state index in [2.05, 4.69) is 23.0 Å². The van der Waals surface area contributed by atoms with Crippen molar-refractivity contribution >= 4 is 22.9 Å². The molecule has 1 aromatic heterocycles. The molecule has 1 aliphatic rings. The zero-order valence-corrected chi connectivity index (χ0v) is 13.9.